The van der Waals surface area contributed by atoms with Crippen LogP contribution in [-0.4, -0.2) is 33.8 Å². The van der Waals surface area contributed by atoms with Gasteiger partial charge in [-0.1, -0.05) is 0 Å². The standard InChI is InChI=1S/C10H16BNO3S2/c1-9(2)10(3,4)15-11(14-9)7-6-16-8(12-7)17(5)13/h6H,1-5H3. The van der Waals surface area contributed by atoms with Crippen LogP contribution in [-0.2, 0) is 20.1 Å². The first kappa shape index (κ1) is 13.2. The third-order valence-electron chi connectivity index (χ3n) is 3.24. The number of rotatable bonds is 2. The summed E-state index contributed by atoms with van der Waals surface area (Å²) in [5.41, 5.74) is -0.0292. The van der Waals surface area contributed by atoms with E-state index in [1.165, 1.54) is 11.3 Å². The molecule has 0 N–H and O–H groups in total. The fourth-order valence-corrected chi connectivity index (χ4v) is 2.94. The van der Waals surface area contributed by atoms with Crippen LogP contribution in [0.4, 0.5) is 0 Å². The maximum absolute atomic E-state index is 11.3. The van der Waals surface area contributed by atoms with Gasteiger partial charge < -0.3 is 9.31 Å². The quantitative estimate of drug-likeness (QED) is 0.759. The Hall–Kier alpha value is -0.235. The average molecular weight is 273 g/mol. The highest BCUT2D eigenvalue weighted by Crippen LogP contribution is 2.36. The molecule has 0 aromatic carbocycles. The van der Waals surface area contributed by atoms with E-state index >= 15 is 0 Å². The summed E-state index contributed by atoms with van der Waals surface area (Å²) in [5, 5.41) is 1.85. The molecule has 2 rings (SSSR count). The van der Waals surface area contributed by atoms with Crippen LogP contribution in [0.5, 0.6) is 0 Å². The third-order valence-corrected chi connectivity index (χ3v) is 5.47. The lowest BCUT2D eigenvalue weighted by molar-refractivity contribution is 0.00578. The summed E-state index contributed by atoms with van der Waals surface area (Å²) in [7, 11) is -1.51. The van der Waals surface area contributed by atoms with Gasteiger partial charge in [-0.15, -0.1) is 11.3 Å². The van der Waals surface area contributed by atoms with Gasteiger partial charge in [-0.2, -0.15) is 0 Å². The van der Waals surface area contributed by atoms with Crippen LogP contribution in [0, 0.1) is 0 Å². The van der Waals surface area contributed by atoms with Crippen LogP contribution in [0.1, 0.15) is 27.7 Å². The molecule has 7 heteroatoms. The van der Waals surface area contributed by atoms with Crippen LogP contribution in [0.2, 0.25) is 0 Å². The van der Waals surface area contributed by atoms with Gasteiger partial charge in [0.15, 0.2) is 4.34 Å². The van der Waals surface area contributed by atoms with E-state index in [9.17, 15) is 4.21 Å². The molecule has 0 amide bonds. The highest BCUT2D eigenvalue weighted by Gasteiger charge is 2.52. The van der Waals surface area contributed by atoms with E-state index in [-0.39, 0.29) is 11.2 Å². The highest BCUT2D eigenvalue weighted by atomic mass is 32.2. The van der Waals surface area contributed by atoms with Gasteiger partial charge in [0.25, 0.3) is 0 Å². The van der Waals surface area contributed by atoms with E-state index in [0.29, 0.717) is 9.93 Å². The van der Waals surface area contributed by atoms with E-state index in [1.807, 2.05) is 33.1 Å². The molecule has 0 saturated carbocycles. The average Bonchev–Trinajstić information content (AvgIpc) is 2.70. The summed E-state index contributed by atoms with van der Waals surface area (Å²) in [4.78, 5) is 4.29. The smallest absolute Gasteiger partial charge is 0.398 e. The summed E-state index contributed by atoms with van der Waals surface area (Å²) in [6.45, 7) is 7.99. The number of hydrogen-bond donors (Lipinski definition) is 0. The zero-order valence-electron chi connectivity index (χ0n) is 10.6. The van der Waals surface area contributed by atoms with E-state index < -0.39 is 17.9 Å². The Bertz CT molecular complexity index is 442. The molecule has 1 aromatic heterocycles. The normalized spacial score (nSPS) is 23.9. The SMILES string of the molecule is CS(=O)c1nc(B2OC(C)(C)C(C)(C)O2)cs1. The van der Waals surface area contributed by atoms with Crippen molar-refractivity contribution in [2.45, 2.75) is 43.2 Å². The molecule has 0 aliphatic carbocycles. The first-order valence-electron chi connectivity index (χ1n) is 5.37. The molecule has 1 atom stereocenters. The van der Waals surface area contributed by atoms with Gasteiger partial charge in [-0.3, -0.25) is 4.21 Å². The Kier molecular flexibility index (Phi) is 3.23. The van der Waals surface area contributed by atoms with Crippen molar-refractivity contribution in [1.29, 1.82) is 0 Å². The predicted molar refractivity (Wildman–Crippen MR) is 70.2 cm³/mol. The Morgan fingerprint density at radius 2 is 1.82 bits per heavy atom. The van der Waals surface area contributed by atoms with Crippen molar-refractivity contribution in [3.05, 3.63) is 5.38 Å². The zero-order chi connectivity index (χ0) is 12.8. The molecular weight excluding hydrogens is 257 g/mol. The van der Waals surface area contributed by atoms with E-state index in [1.54, 1.807) is 6.26 Å². The minimum atomic E-state index is -1.05. The van der Waals surface area contributed by atoms with Crippen molar-refractivity contribution in [2.24, 2.45) is 0 Å². The molecule has 0 spiro atoms. The van der Waals surface area contributed by atoms with Gasteiger partial charge in [0, 0.05) is 11.6 Å². The van der Waals surface area contributed by atoms with Crippen molar-refractivity contribution in [2.75, 3.05) is 6.26 Å². The Morgan fingerprint density at radius 3 is 2.24 bits per heavy atom. The van der Waals surface area contributed by atoms with Crippen LogP contribution in [0.3, 0.4) is 0 Å². The van der Waals surface area contributed by atoms with Gasteiger partial charge in [-0.05, 0) is 27.7 Å². The molecule has 2 heterocycles. The van der Waals surface area contributed by atoms with Gasteiger partial charge in [0.2, 0.25) is 0 Å². The second-order valence-corrected chi connectivity index (χ2v) is 7.49. The van der Waals surface area contributed by atoms with E-state index in [4.69, 9.17) is 9.31 Å². The number of nitrogens with zero attached hydrogens (tertiary/aromatic N) is 1. The molecule has 1 fully saturated rings. The highest BCUT2D eigenvalue weighted by molar-refractivity contribution is 7.86. The minimum absolute atomic E-state index is 0.368. The number of hydrogen-bond acceptors (Lipinski definition) is 5. The van der Waals surface area contributed by atoms with Crippen LogP contribution in [0.15, 0.2) is 9.72 Å². The molecule has 94 valence electrons. The molecule has 1 saturated heterocycles. The third kappa shape index (κ3) is 2.34. The lowest BCUT2D eigenvalue weighted by Gasteiger charge is -2.32. The van der Waals surface area contributed by atoms with E-state index in [2.05, 4.69) is 4.98 Å². The van der Waals surface area contributed by atoms with Gasteiger partial charge in [0.1, 0.15) is 0 Å². The monoisotopic (exact) mass is 273 g/mol. The van der Waals surface area contributed by atoms with Crippen molar-refractivity contribution in [1.82, 2.24) is 4.98 Å². The van der Waals surface area contributed by atoms with Crippen molar-refractivity contribution < 1.29 is 13.5 Å². The summed E-state index contributed by atoms with van der Waals surface area (Å²) >= 11 is 1.37. The summed E-state index contributed by atoms with van der Waals surface area (Å²) in [6, 6.07) is 0. The molecule has 1 aliphatic rings. The Labute approximate surface area is 108 Å². The maximum atomic E-state index is 11.3. The summed E-state index contributed by atoms with van der Waals surface area (Å²) < 4.78 is 23.6. The molecular formula is C10H16BNO3S2. The first-order chi connectivity index (χ1) is 7.73. The Balaban J connectivity index is 2.23. The molecule has 1 aromatic rings. The second-order valence-electron chi connectivity index (χ2n) is 5.08. The molecule has 1 aliphatic heterocycles. The van der Waals surface area contributed by atoms with Crippen molar-refractivity contribution in [3.8, 4) is 0 Å². The van der Waals surface area contributed by atoms with Gasteiger partial charge in [0.05, 0.1) is 27.6 Å². The lowest BCUT2D eigenvalue weighted by Crippen LogP contribution is -2.41. The van der Waals surface area contributed by atoms with Crippen LogP contribution < -0.4 is 5.59 Å². The van der Waals surface area contributed by atoms with E-state index in [0.717, 1.165) is 0 Å². The molecule has 4 nitrogen and oxygen atoms in total. The van der Waals surface area contributed by atoms with Gasteiger partial charge >= 0.3 is 7.12 Å². The lowest BCUT2D eigenvalue weighted by atomic mass is 9.86. The predicted octanol–water partition coefficient (Wildman–Crippen LogP) is 1.18. The number of aromatic nitrogens is 1. The summed E-state index contributed by atoms with van der Waals surface area (Å²) in [5.74, 6) is 0. The van der Waals surface area contributed by atoms with Crippen molar-refractivity contribution in [3.63, 3.8) is 0 Å². The molecule has 17 heavy (non-hydrogen) atoms. The summed E-state index contributed by atoms with van der Waals surface area (Å²) in [6.07, 6.45) is 1.62. The van der Waals surface area contributed by atoms with Crippen molar-refractivity contribution >= 4 is 34.8 Å². The first-order valence-corrected chi connectivity index (χ1v) is 7.81. The number of thiazole rings is 1. The minimum Gasteiger partial charge on any atom is -0.398 e. The molecule has 0 radical (unpaired) electrons. The van der Waals surface area contributed by atoms with Crippen LogP contribution >= 0.6 is 11.3 Å². The molecule has 0 bridgehead atoms. The fourth-order valence-electron chi connectivity index (χ4n) is 1.47. The largest absolute Gasteiger partial charge is 0.515 e. The zero-order valence-corrected chi connectivity index (χ0v) is 12.3. The Morgan fingerprint density at radius 1 is 1.29 bits per heavy atom. The topological polar surface area (TPSA) is 48.4 Å². The molecule has 1 unspecified atom stereocenters. The van der Waals surface area contributed by atoms with Gasteiger partial charge in [-0.25, -0.2) is 4.98 Å². The second kappa shape index (κ2) is 4.15. The van der Waals surface area contributed by atoms with Crippen LogP contribution in [0.25, 0.3) is 0 Å². The maximum Gasteiger partial charge on any atom is 0.515 e. The fraction of sp³-hybridized carbons (Fsp3) is 0.700.